The maximum atomic E-state index is 12.1. The first-order chi connectivity index (χ1) is 9.22. The molecule has 102 valence electrons. The van der Waals surface area contributed by atoms with E-state index in [0.717, 1.165) is 32.1 Å². The molecule has 2 atom stereocenters. The van der Waals surface area contributed by atoms with Crippen molar-refractivity contribution in [1.82, 2.24) is 10.2 Å². The molecule has 1 saturated heterocycles. The number of aldehydes is 1. The minimum Gasteiger partial charge on any atom is -0.336 e. The van der Waals surface area contributed by atoms with E-state index < -0.39 is 0 Å². The molecule has 19 heavy (non-hydrogen) atoms. The average molecular weight is 260 g/mol. The maximum Gasteiger partial charge on any atom is 0.252 e. The van der Waals surface area contributed by atoms with E-state index >= 15 is 0 Å². The van der Waals surface area contributed by atoms with Crippen molar-refractivity contribution < 1.29 is 9.59 Å². The molecule has 0 bridgehead atoms. The fourth-order valence-corrected chi connectivity index (χ4v) is 2.50. The molecule has 1 heterocycles. The number of nitrogens with zero attached hydrogens (tertiary/aromatic N) is 1. The molecule has 4 heteroatoms. The lowest BCUT2D eigenvalue weighted by Gasteiger charge is -2.38. The fourth-order valence-electron chi connectivity index (χ4n) is 2.50. The second kappa shape index (κ2) is 6.48. The van der Waals surface area contributed by atoms with Gasteiger partial charge in [0.15, 0.2) is 0 Å². The molecule has 1 fully saturated rings. The summed E-state index contributed by atoms with van der Waals surface area (Å²) in [5.41, 5.74) is 0.659. The minimum atomic E-state index is -0.152. The van der Waals surface area contributed by atoms with Crippen LogP contribution in [0.25, 0.3) is 0 Å². The van der Waals surface area contributed by atoms with Crippen LogP contribution in [0.4, 0.5) is 0 Å². The minimum absolute atomic E-state index is 0.0401. The summed E-state index contributed by atoms with van der Waals surface area (Å²) in [6.45, 7) is 2.74. The topological polar surface area (TPSA) is 49.4 Å². The predicted octanol–water partition coefficient (Wildman–Crippen LogP) is 1.82. The second-order valence-corrected chi connectivity index (χ2v) is 4.97. The van der Waals surface area contributed by atoms with Crippen LogP contribution in [0.5, 0.6) is 0 Å². The number of carbonyl (C=O) groups is 2. The first-order valence-corrected chi connectivity index (χ1v) is 6.79. The van der Waals surface area contributed by atoms with E-state index in [9.17, 15) is 9.59 Å². The molecule has 2 rings (SSSR count). The zero-order valence-electron chi connectivity index (χ0n) is 11.2. The van der Waals surface area contributed by atoms with Gasteiger partial charge in [-0.2, -0.15) is 0 Å². The van der Waals surface area contributed by atoms with Gasteiger partial charge in [-0.1, -0.05) is 18.2 Å². The zero-order chi connectivity index (χ0) is 13.7. The number of benzene rings is 1. The van der Waals surface area contributed by atoms with Crippen LogP contribution in [0.15, 0.2) is 30.3 Å². The van der Waals surface area contributed by atoms with Crippen molar-refractivity contribution >= 4 is 12.2 Å². The Morgan fingerprint density at radius 2 is 2.11 bits per heavy atom. The summed E-state index contributed by atoms with van der Waals surface area (Å²) in [6, 6.07) is 9.03. The van der Waals surface area contributed by atoms with Crippen LogP contribution in [0.3, 0.4) is 0 Å². The van der Waals surface area contributed by atoms with Gasteiger partial charge in [0.25, 0.3) is 5.91 Å². The van der Waals surface area contributed by atoms with E-state index in [1.165, 1.54) is 0 Å². The van der Waals surface area contributed by atoms with Gasteiger partial charge >= 0.3 is 0 Å². The standard InChI is InChI=1S/C15H20N2O2/c1-12(11-18)17-10-6-5-9-14(17)16-15(19)13-7-3-2-4-8-13/h2-4,7-8,11-12,14H,5-6,9-10H2,1H3,(H,16,19). The molecule has 1 aliphatic rings. The molecular weight excluding hydrogens is 240 g/mol. The molecule has 1 aromatic rings. The molecule has 1 N–H and O–H groups in total. The Morgan fingerprint density at radius 1 is 1.37 bits per heavy atom. The largest absolute Gasteiger partial charge is 0.336 e. The Bertz CT molecular complexity index is 433. The van der Waals surface area contributed by atoms with E-state index in [1.807, 2.05) is 25.1 Å². The number of piperidine rings is 1. The van der Waals surface area contributed by atoms with E-state index in [2.05, 4.69) is 10.2 Å². The van der Waals surface area contributed by atoms with Crippen LogP contribution in [-0.4, -0.2) is 35.8 Å². The number of hydrogen-bond acceptors (Lipinski definition) is 3. The average Bonchev–Trinajstić information content (AvgIpc) is 2.48. The summed E-state index contributed by atoms with van der Waals surface area (Å²) in [7, 11) is 0. The van der Waals surface area contributed by atoms with Crippen molar-refractivity contribution in [2.24, 2.45) is 0 Å². The molecular formula is C15H20N2O2. The third kappa shape index (κ3) is 3.41. The molecule has 4 nitrogen and oxygen atoms in total. The van der Waals surface area contributed by atoms with Crippen molar-refractivity contribution in [3.8, 4) is 0 Å². The monoisotopic (exact) mass is 260 g/mol. The molecule has 0 spiro atoms. The van der Waals surface area contributed by atoms with Crippen molar-refractivity contribution in [3.05, 3.63) is 35.9 Å². The summed E-state index contributed by atoms with van der Waals surface area (Å²) < 4.78 is 0. The van der Waals surface area contributed by atoms with Crippen molar-refractivity contribution in [3.63, 3.8) is 0 Å². The van der Waals surface area contributed by atoms with E-state index in [-0.39, 0.29) is 18.1 Å². The predicted molar refractivity (Wildman–Crippen MR) is 73.8 cm³/mol. The Kier molecular flexibility index (Phi) is 4.68. The highest BCUT2D eigenvalue weighted by atomic mass is 16.2. The van der Waals surface area contributed by atoms with Crippen molar-refractivity contribution in [2.45, 2.75) is 38.4 Å². The number of likely N-dealkylation sites (tertiary alicyclic amines) is 1. The Hall–Kier alpha value is -1.68. The molecule has 1 aromatic carbocycles. The van der Waals surface area contributed by atoms with Gasteiger partial charge in [-0.25, -0.2) is 0 Å². The molecule has 0 radical (unpaired) electrons. The lowest BCUT2D eigenvalue weighted by molar-refractivity contribution is -0.113. The normalized spacial score (nSPS) is 21.6. The van der Waals surface area contributed by atoms with E-state index in [1.54, 1.807) is 12.1 Å². The molecule has 1 aliphatic heterocycles. The molecule has 0 saturated carbocycles. The number of carbonyl (C=O) groups excluding carboxylic acids is 2. The summed E-state index contributed by atoms with van der Waals surface area (Å²) in [5.74, 6) is -0.0735. The fraction of sp³-hybridized carbons (Fsp3) is 0.467. The lowest BCUT2D eigenvalue weighted by atomic mass is 10.1. The summed E-state index contributed by atoms with van der Waals surface area (Å²) in [4.78, 5) is 25.2. The van der Waals surface area contributed by atoms with E-state index in [0.29, 0.717) is 5.56 Å². The SMILES string of the molecule is CC(C=O)N1CCCCC1NC(=O)c1ccccc1. The first-order valence-electron chi connectivity index (χ1n) is 6.79. The highest BCUT2D eigenvalue weighted by Gasteiger charge is 2.27. The quantitative estimate of drug-likeness (QED) is 0.840. The lowest BCUT2D eigenvalue weighted by Crippen LogP contribution is -2.54. The molecule has 2 unspecified atom stereocenters. The molecule has 0 aromatic heterocycles. The Balaban J connectivity index is 2.03. The van der Waals surface area contributed by atoms with Crippen LogP contribution >= 0.6 is 0 Å². The number of hydrogen-bond donors (Lipinski definition) is 1. The molecule has 1 amide bonds. The summed E-state index contributed by atoms with van der Waals surface area (Å²) >= 11 is 0. The summed E-state index contributed by atoms with van der Waals surface area (Å²) in [6.07, 6.45) is 3.96. The zero-order valence-corrected chi connectivity index (χ0v) is 11.2. The van der Waals surface area contributed by atoms with Crippen LogP contribution in [-0.2, 0) is 4.79 Å². The number of amides is 1. The van der Waals surface area contributed by atoms with Gasteiger partial charge in [0.1, 0.15) is 6.29 Å². The van der Waals surface area contributed by atoms with Crippen LogP contribution < -0.4 is 5.32 Å². The highest BCUT2D eigenvalue weighted by molar-refractivity contribution is 5.94. The van der Waals surface area contributed by atoms with Gasteiger partial charge in [-0.3, -0.25) is 9.69 Å². The third-order valence-electron chi connectivity index (χ3n) is 3.60. The van der Waals surface area contributed by atoms with Crippen molar-refractivity contribution in [1.29, 1.82) is 0 Å². The van der Waals surface area contributed by atoms with Gasteiger partial charge < -0.3 is 10.1 Å². The Morgan fingerprint density at radius 3 is 2.79 bits per heavy atom. The number of nitrogens with one attached hydrogen (secondary N) is 1. The van der Waals surface area contributed by atoms with Gasteiger partial charge in [0, 0.05) is 12.1 Å². The third-order valence-corrected chi connectivity index (χ3v) is 3.60. The maximum absolute atomic E-state index is 12.1. The van der Waals surface area contributed by atoms with Gasteiger partial charge in [0.2, 0.25) is 0 Å². The number of rotatable bonds is 4. The molecule has 0 aliphatic carbocycles. The Labute approximate surface area is 113 Å². The van der Waals surface area contributed by atoms with Gasteiger partial charge in [0.05, 0.1) is 12.2 Å². The smallest absolute Gasteiger partial charge is 0.252 e. The van der Waals surface area contributed by atoms with Gasteiger partial charge in [-0.15, -0.1) is 0 Å². The van der Waals surface area contributed by atoms with Crippen LogP contribution in [0.1, 0.15) is 36.5 Å². The van der Waals surface area contributed by atoms with E-state index in [4.69, 9.17) is 0 Å². The first kappa shape index (κ1) is 13.7. The van der Waals surface area contributed by atoms with Crippen LogP contribution in [0.2, 0.25) is 0 Å². The second-order valence-electron chi connectivity index (χ2n) is 4.97. The summed E-state index contributed by atoms with van der Waals surface area (Å²) in [5, 5.41) is 3.03. The van der Waals surface area contributed by atoms with Gasteiger partial charge in [-0.05, 0) is 38.3 Å². The highest BCUT2D eigenvalue weighted by Crippen LogP contribution is 2.17. The van der Waals surface area contributed by atoms with Crippen LogP contribution in [0, 0.1) is 0 Å². The van der Waals surface area contributed by atoms with Crippen molar-refractivity contribution in [2.75, 3.05) is 6.54 Å².